The first-order valence-electron chi connectivity index (χ1n) is 9.16. The number of carbonyl (C=O) groups excluding carboxylic acids is 3. The molecule has 3 amide bonds. The van der Waals surface area contributed by atoms with E-state index in [2.05, 4.69) is 10.6 Å². The molecule has 2 aromatic rings. The number of benzene rings is 2. The summed E-state index contributed by atoms with van der Waals surface area (Å²) in [6.07, 6.45) is 1.80. The van der Waals surface area contributed by atoms with E-state index in [0.29, 0.717) is 17.9 Å². The number of fused-ring (bicyclic) bond motifs is 1. The molecule has 146 valence electrons. The van der Waals surface area contributed by atoms with E-state index in [-0.39, 0.29) is 5.91 Å². The molecule has 28 heavy (non-hydrogen) atoms. The molecule has 2 N–H and O–H groups in total. The van der Waals surface area contributed by atoms with E-state index in [4.69, 9.17) is 0 Å². The van der Waals surface area contributed by atoms with Gasteiger partial charge < -0.3 is 20.4 Å². The summed E-state index contributed by atoms with van der Waals surface area (Å²) in [5, 5.41) is 5.19. The highest BCUT2D eigenvalue weighted by Crippen LogP contribution is 2.30. The molecule has 0 atom stereocenters. The second kappa shape index (κ2) is 8.12. The molecule has 0 saturated carbocycles. The summed E-state index contributed by atoms with van der Waals surface area (Å²) >= 11 is 0. The van der Waals surface area contributed by atoms with Gasteiger partial charge in [0.05, 0.1) is 0 Å². The van der Waals surface area contributed by atoms with E-state index in [1.807, 2.05) is 37.2 Å². The number of hydrogen-bond acceptors (Lipinski definition) is 4. The Labute approximate surface area is 164 Å². The van der Waals surface area contributed by atoms with E-state index in [0.717, 1.165) is 29.8 Å². The zero-order valence-electron chi connectivity index (χ0n) is 16.3. The molecule has 7 nitrogen and oxygen atoms in total. The van der Waals surface area contributed by atoms with Crippen LogP contribution in [0.5, 0.6) is 0 Å². The monoisotopic (exact) mass is 380 g/mol. The number of aryl methyl sites for hydroxylation is 1. The Morgan fingerprint density at radius 3 is 2.14 bits per heavy atom. The van der Waals surface area contributed by atoms with Crippen LogP contribution in [-0.4, -0.2) is 38.4 Å². The van der Waals surface area contributed by atoms with Crippen LogP contribution >= 0.6 is 0 Å². The van der Waals surface area contributed by atoms with Crippen LogP contribution in [0.1, 0.15) is 18.9 Å². The molecule has 0 radical (unpaired) electrons. The minimum atomic E-state index is -0.762. The van der Waals surface area contributed by atoms with E-state index in [1.54, 1.807) is 29.2 Å². The van der Waals surface area contributed by atoms with Crippen LogP contribution in [0.4, 0.5) is 22.7 Å². The third kappa shape index (κ3) is 4.31. The largest absolute Gasteiger partial charge is 0.378 e. The van der Waals surface area contributed by atoms with Gasteiger partial charge in [0.25, 0.3) is 0 Å². The fourth-order valence-electron chi connectivity index (χ4n) is 3.20. The van der Waals surface area contributed by atoms with Gasteiger partial charge in [-0.1, -0.05) is 6.07 Å². The minimum Gasteiger partial charge on any atom is -0.378 e. The molecule has 0 aliphatic carbocycles. The van der Waals surface area contributed by atoms with E-state index in [9.17, 15) is 14.4 Å². The van der Waals surface area contributed by atoms with Crippen LogP contribution < -0.4 is 20.4 Å². The van der Waals surface area contributed by atoms with Crippen LogP contribution in [0.25, 0.3) is 0 Å². The Morgan fingerprint density at radius 1 is 0.929 bits per heavy atom. The molecule has 0 saturated heterocycles. The Hall–Kier alpha value is -3.35. The molecule has 2 aromatic carbocycles. The van der Waals surface area contributed by atoms with Crippen molar-refractivity contribution in [2.24, 2.45) is 0 Å². The fourth-order valence-corrected chi connectivity index (χ4v) is 3.20. The summed E-state index contributed by atoms with van der Waals surface area (Å²) < 4.78 is 0. The lowest BCUT2D eigenvalue weighted by molar-refractivity contribution is -0.132. The molecule has 7 heteroatoms. The fraction of sp³-hybridized carbons (Fsp3) is 0.286. The van der Waals surface area contributed by atoms with Crippen molar-refractivity contribution in [3.63, 3.8) is 0 Å². The summed E-state index contributed by atoms with van der Waals surface area (Å²) in [5.74, 6) is -1.55. The second-order valence-corrected chi connectivity index (χ2v) is 6.97. The van der Waals surface area contributed by atoms with Crippen molar-refractivity contribution in [2.45, 2.75) is 19.8 Å². The minimum absolute atomic E-state index is 0.0386. The standard InChI is InChI=1S/C21H24N4O3/c1-14(26)25-12-4-5-15-6-7-17(13-19(15)25)23-21(28)20(27)22-16-8-10-18(11-9-16)24(2)3/h6-11,13H,4-5,12H2,1-3H3,(H,22,27)(H,23,28). The summed E-state index contributed by atoms with van der Waals surface area (Å²) in [6.45, 7) is 2.18. The van der Waals surface area contributed by atoms with Crippen LogP contribution in [0.15, 0.2) is 42.5 Å². The Morgan fingerprint density at radius 2 is 1.54 bits per heavy atom. The summed E-state index contributed by atoms with van der Waals surface area (Å²) in [6, 6.07) is 12.6. The predicted octanol–water partition coefficient (Wildman–Crippen LogP) is 2.63. The van der Waals surface area contributed by atoms with Crippen molar-refractivity contribution in [1.29, 1.82) is 0 Å². The predicted molar refractivity (Wildman–Crippen MR) is 111 cm³/mol. The Balaban J connectivity index is 1.68. The highest BCUT2D eigenvalue weighted by atomic mass is 16.2. The molecule has 3 rings (SSSR count). The summed E-state index contributed by atoms with van der Waals surface area (Å²) in [5.41, 5.74) is 3.86. The first-order valence-corrected chi connectivity index (χ1v) is 9.16. The maximum atomic E-state index is 12.3. The maximum Gasteiger partial charge on any atom is 0.314 e. The SMILES string of the molecule is CC(=O)N1CCCc2ccc(NC(=O)C(=O)Nc3ccc(N(C)C)cc3)cc21. The van der Waals surface area contributed by atoms with Gasteiger partial charge in [-0.25, -0.2) is 0 Å². The van der Waals surface area contributed by atoms with Crippen molar-refractivity contribution in [3.8, 4) is 0 Å². The molecule has 0 fully saturated rings. The van der Waals surface area contributed by atoms with Gasteiger partial charge in [-0.2, -0.15) is 0 Å². The molecule has 1 heterocycles. The number of hydrogen-bond donors (Lipinski definition) is 2. The third-order valence-corrected chi connectivity index (χ3v) is 4.69. The van der Waals surface area contributed by atoms with Gasteiger partial charge in [0.15, 0.2) is 0 Å². The van der Waals surface area contributed by atoms with Gasteiger partial charge in [-0.05, 0) is 54.8 Å². The molecular formula is C21H24N4O3. The third-order valence-electron chi connectivity index (χ3n) is 4.69. The number of nitrogens with zero attached hydrogens (tertiary/aromatic N) is 2. The summed E-state index contributed by atoms with van der Waals surface area (Å²) in [4.78, 5) is 39.9. The number of rotatable bonds is 3. The molecule has 0 bridgehead atoms. The number of carbonyl (C=O) groups is 3. The highest BCUT2D eigenvalue weighted by molar-refractivity contribution is 6.43. The smallest absolute Gasteiger partial charge is 0.314 e. The van der Waals surface area contributed by atoms with Crippen LogP contribution in [-0.2, 0) is 20.8 Å². The Bertz CT molecular complexity index is 906. The van der Waals surface area contributed by atoms with Crippen LogP contribution in [0.2, 0.25) is 0 Å². The zero-order chi connectivity index (χ0) is 20.3. The van der Waals surface area contributed by atoms with Gasteiger partial charge >= 0.3 is 11.8 Å². The number of anilines is 4. The number of nitrogens with one attached hydrogen (secondary N) is 2. The quantitative estimate of drug-likeness (QED) is 0.802. The molecule has 0 aromatic heterocycles. The number of amides is 3. The van der Waals surface area contributed by atoms with Gasteiger partial charge in [-0.3, -0.25) is 14.4 Å². The van der Waals surface area contributed by atoms with E-state index in [1.165, 1.54) is 6.92 Å². The van der Waals surface area contributed by atoms with Crippen LogP contribution in [0, 0.1) is 0 Å². The average Bonchev–Trinajstić information content (AvgIpc) is 2.67. The van der Waals surface area contributed by atoms with Crippen molar-refractivity contribution in [3.05, 3.63) is 48.0 Å². The molecule has 1 aliphatic heterocycles. The lowest BCUT2D eigenvalue weighted by Crippen LogP contribution is -2.34. The van der Waals surface area contributed by atoms with Gasteiger partial charge in [0.1, 0.15) is 0 Å². The zero-order valence-corrected chi connectivity index (χ0v) is 16.3. The second-order valence-electron chi connectivity index (χ2n) is 6.97. The molecule has 0 unspecified atom stereocenters. The first kappa shape index (κ1) is 19.4. The van der Waals surface area contributed by atoms with E-state index < -0.39 is 11.8 Å². The molecule has 0 spiro atoms. The lowest BCUT2D eigenvalue weighted by atomic mass is 10.0. The van der Waals surface area contributed by atoms with Crippen molar-refractivity contribution in [2.75, 3.05) is 41.1 Å². The highest BCUT2D eigenvalue weighted by Gasteiger charge is 2.21. The maximum absolute atomic E-state index is 12.3. The van der Waals surface area contributed by atoms with Gasteiger partial charge in [0.2, 0.25) is 5.91 Å². The van der Waals surface area contributed by atoms with Gasteiger partial charge in [-0.15, -0.1) is 0 Å². The van der Waals surface area contributed by atoms with Crippen molar-refractivity contribution in [1.82, 2.24) is 0 Å². The van der Waals surface area contributed by atoms with Crippen LogP contribution in [0.3, 0.4) is 0 Å². The van der Waals surface area contributed by atoms with E-state index >= 15 is 0 Å². The molecule has 1 aliphatic rings. The van der Waals surface area contributed by atoms with Gasteiger partial charge in [0, 0.05) is 50.3 Å². The average molecular weight is 380 g/mol. The summed E-state index contributed by atoms with van der Waals surface area (Å²) in [7, 11) is 3.85. The Kier molecular flexibility index (Phi) is 5.63. The van der Waals surface area contributed by atoms with Crippen molar-refractivity contribution >= 4 is 40.5 Å². The lowest BCUT2D eigenvalue weighted by Gasteiger charge is -2.29. The first-order chi connectivity index (χ1) is 13.3. The molecular weight excluding hydrogens is 356 g/mol. The van der Waals surface area contributed by atoms with Crippen molar-refractivity contribution < 1.29 is 14.4 Å². The normalized spacial score (nSPS) is 12.8. The topological polar surface area (TPSA) is 81.8 Å².